The van der Waals surface area contributed by atoms with Crippen molar-refractivity contribution in [1.29, 1.82) is 0 Å². The van der Waals surface area contributed by atoms with Gasteiger partial charge in [-0.1, -0.05) is 12.2 Å². The van der Waals surface area contributed by atoms with Gasteiger partial charge in [0.2, 0.25) is 0 Å². The van der Waals surface area contributed by atoms with E-state index < -0.39 is 0 Å². The summed E-state index contributed by atoms with van der Waals surface area (Å²) in [5, 5.41) is 0. The van der Waals surface area contributed by atoms with Crippen molar-refractivity contribution in [1.82, 2.24) is 0 Å². The Morgan fingerprint density at radius 2 is 1.91 bits per heavy atom. The predicted octanol–water partition coefficient (Wildman–Crippen LogP) is 2.35. The van der Waals surface area contributed by atoms with Gasteiger partial charge in [-0.2, -0.15) is 0 Å². The van der Waals surface area contributed by atoms with E-state index in [1.807, 2.05) is 27.7 Å². The number of ether oxygens (including phenoxy) is 2. The van der Waals surface area contributed by atoms with Crippen molar-refractivity contribution in [3.05, 3.63) is 12.2 Å². The SMILES string of the molecule is C=C(C)COCOC(C)(C)C. The minimum absolute atomic E-state index is 0.116. The second-order valence-electron chi connectivity index (χ2n) is 3.68. The Bertz CT molecular complexity index is 122. The molecule has 0 aliphatic heterocycles. The maximum absolute atomic E-state index is 5.32. The zero-order valence-corrected chi connectivity index (χ0v) is 7.94. The van der Waals surface area contributed by atoms with Gasteiger partial charge in [-0.05, 0) is 27.7 Å². The molecule has 0 aliphatic carbocycles. The van der Waals surface area contributed by atoms with Crippen LogP contribution < -0.4 is 0 Å². The summed E-state index contributed by atoms with van der Waals surface area (Å²) < 4.78 is 10.5. The third kappa shape index (κ3) is 9.66. The molecule has 0 bridgehead atoms. The van der Waals surface area contributed by atoms with Crippen LogP contribution in [0.15, 0.2) is 12.2 Å². The summed E-state index contributed by atoms with van der Waals surface area (Å²) in [4.78, 5) is 0. The van der Waals surface area contributed by atoms with Crippen LogP contribution in [0.25, 0.3) is 0 Å². The molecular weight excluding hydrogens is 140 g/mol. The lowest BCUT2D eigenvalue weighted by molar-refractivity contribution is -0.115. The molecule has 0 aliphatic rings. The minimum Gasteiger partial charge on any atom is -0.351 e. The van der Waals surface area contributed by atoms with Crippen molar-refractivity contribution in [2.24, 2.45) is 0 Å². The average molecular weight is 158 g/mol. The molecule has 0 aromatic carbocycles. The summed E-state index contributed by atoms with van der Waals surface area (Å²) in [5.41, 5.74) is 0.900. The molecule has 0 amide bonds. The molecule has 2 nitrogen and oxygen atoms in total. The van der Waals surface area contributed by atoms with Crippen LogP contribution >= 0.6 is 0 Å². The molecular formula is C9H18O2. The molecule has 0 unspecified atom stereocenters. The highest BCUT2D eigenvalue weighted by atomic mass is 16.7. The van der Waals surface area contributed by atoms with Gasteiger partial charge in [0.05, 0.1) is 12.2 Å². The maximum atomic E-state index is 5.32. The lowest BCUT2D eigenvalue weighted by Gasteiger charge is -2.19. The third-order valence-corrected chi connectivity index (χ3v) is 0.924. The van der Waals surface area contributed by atoms with E-state index >= 15 is 0 Å². The Morgan fingerprint density at radius 1 is 1.36 bits per heavy atom. The van der Waals surface area contributed by atoms with E-state index in [1.165, 1.54) is 0 Å². The highest BCUT2D eigenvalue weighted by Crippen LogP contribution is 2.06. The van der Waals surface area contributed by atoms with Crippen LogP contribution in [0.1, 0.15) is 27.7 Å². The summed E-state index contributed by atoms with van der Waals surface area (Å²) in [6, 6.07) is 0. The Kier molecular flexibility index (Phi) is 4.38. The molecule has 11 heavy (non-hydrogen) atoms. The van der Waals surface area contributed by atoms with Gasteiger partial charge in [-0.25, -0.2) is 0 Å². The molecule has 0 atom stereocenters. The van der Waals surface area contributed by atoms with Crippen LogP contribution in [-0.4, -0.2) is 19.0 Å². The quantitative estimate of drug-likeness (QED) is 0.355. The molecule has 2 heteroatoms. The van der Waals surface area contributed by atoms with Crippen LogP contribution in [0.5, 0.6) is 0 Å². The van der Waals surface area contributed by atoms with Crippen molar-refractivity contribution in [2.45, 2.75) is 33.3 Å². The minimum atomic E-state index is -0.116. The number of hydrogen-bond donors (Lipinski definition) is 0. The van der Waals surface area contributed by atoms with Gasteiger partial charge >= 0.3 is 0 Å². The van der Waals surface area contributed by atoms with E-state index in [2.05, 4.69) is 6.58 Å². The Hall–Kier alpha value is -0.340. The zero-order chi connectivity index (χ0) is 8.91. The first-order valence-corrected chi connectivity index (χ1v) is 3.78. The van der Waals surface area contributed by atoms with Crippen LogP contribution in [0, 0.1) is 0 Å². The van der Waals surface area contributed by atoms with E-state index in [4.69, 9.17) is 9.47 Å². The topological polar surface area (TPSA) is 18.5 Å². The van der Waals surface area contributed by atoms with Gasteiger partial charge in [-0.3, -0.25) is 0 Å². The summed E-state index contributed by atoms with van der Waals surface area (Å²) in [6.07, 6.45) is 0. The van der Waals surface area contributed by atoms with E-state index in [1.54, 1.807) is 0 Å². The fraction of sp³-hybridized carbons (Fsp3) is 0.778. The molecule has 0 rings (SSSR count). The summed E-state index contributed by atoms with van der Waals surface area (Å²) in [6.45, 7) is 12.6. The third-order valence-electron chi connectivity index (χ3n) is 0.924. The van der Waals surface area contributed by atoms with Crippen LogP contribution in [0.4, 0.5) is 0 Å². The fourth-order valence-corrected chi connectivity index (χ4v) is 0.434. The van der Waals surface area contributed by atoms with E-state index in [0.29, 0.717) is 13.4 Å². The molecule has 0 aromatic heterocycles. The van der Waals surface area contributed by atoms with Gasteiger partial charge in [0.25, 0.3) is 0 Å². The molecule has 66 valence electrons. The van der Waals surface area contributed by atoms with Crippen molar-refractivity contribution >= 4 is 0 Å². The normalized spacial score (nSPS) is 11.6. The molecule has 0 spiro atoms. The highest BCUT2D eigenvalue weighted by Gasteiger charge is 2.08. The Morgan fingerprint density at radius 3 is 2.27 bits per heavy atom. The van der Waals surface area contributed by atoms with Gasteiger partial charge in [0, 0.05) is 0 Å². The summed E-state index contributed by atoms with van der Waals surface area (Å²) in [7, 11) is 0. The standard InChI is InChI=1S/C9H18O2/c1-8(2)6-10-7-11-9(3,4)5/h1,6-7H2,2-5H3. The molecule has 0 aromatic rings. The Labute approximate surface area is 69.2 Å². The largest absolute Gasteiger partial charge is 0.351 e. The summed E-state index contributed by atoms with van der Waals surface area (Å²) >= 11 is 0. The second-order valence-corrected chi connectivity index (χ2v) is 3.68. The highest BCUT2D eigenvalue weighted by molar-refractivity contribution is 4.87. The van der Waals surface area contributed by atoms with Crippen LogP contribution in [-0.2, 0) is 9.47 Å². The summed E-state index contributed by atoms with van der Waals surface area (Å²) in [5.74, 6) is 0. The molecule has 0 fully saturated rings. The van der Waals surface area contributed by atoms with Crippen LogP contribution in [0.2, 0.25) is 0 Å². The average Bonchev–Trinajstić information content (AvgIpc) is 1.78. The lowest BCUT2D eigenvalue weighted by Crippen LogP contribution is -2.21. The monoisotopic (exact) mass is 158 g/mol. The van der Waals surface area contributed by atoms with E-state index in [0.717, 1.165) is 5.57 Å². The van der Waals surface area contributed by atoms with Gasteiger partial charge in [-0.15, -0.1) is 0 Å². The van der Waals surface area contributed by atoms with E-state index in [9.17, 15) is 0 Å². The molecule has 0 saturated carbocycles. The maximum Gasteiger partial charge on any atom is 0.147 e. The van der Waals surface area contributed by atoms with E-state index in [-0.39, 0.29) is 5.60 Å². The predicted molar refractivity (Wildman–Crippen MR) is 46.5 cm³/mol. The first-order chi connectivity index (χ1) is 4.92. The lowest BCUT2D eigenvalue weighted by atomic mass is 10.2. The molecule has 0 saturated heterocycles. The second kappa shape index (κ2) is 4.52. The smallest absolute Gasteiger partial charge is 0.147 e. The Balaban J connectivity index is 3.22. The fourth-order valence-electron chi connectivity index (χ4n) is 0.434. The van der Waals surface area contributed by atoms with Gasteiger partial charge < -0.3 is 9.47 Å². The molecule has 0 radical (unpaired) electrons. The van der Waals surface area contributed by atoms with Crippen molar-refractivity contribution in [2.75, 3.05) is 13.4 Å². The first kappa shape index (κ1) is 10.7. The zero-order valence-electron chi connectivity index (χ0n) is 7.94. The van der Waals surface area contributed by atoms with Crippen molar-refractivity contribution < 1.29 is 9.47 Å². The number of rotatable bonds is 4. The molecule has 0 N–H and O–H groups in total. The van der Waals surface area contributed by atoms with Gasteiger partial charge in [0.1, 0.15) is 6.79 Å². The van der Waals surface area contributed by atoms with Crippen LogP contribution in [0.3, 0.4) is 0 Å². The first-order valence-electron chi connectivity index (χ1n) is 3.78. The van der Waals surface area contributed by atoms with Gasteiger partial charge in [0.15, 0.2) is 0 Å². The number of hydrogen-bond acceptors (Lipinski definition) is 2. The van der Waals surface area contributed by atoms with Crippen molar-refractivity contribution in [3.8, 4) is 0 Å². The molecule has 0 heterocycles. The van der Waals surface area contributed by atoms with Crippen molar-refractivity contribution in [3.63, 3.8) is 0 Å².